The molecule has 4 N–H and O–H groups in total. The molecule has 8 nitrogen and oxygen atoms in total. The Kier molecular flexibility index (Phi) is 6.17. The zero-order valence-electron chi connectivity index (χ0n) is 15.9. The predicted octanol–water partition coefficient (Wildman–Crippen LogP) is 1.62. The first-order valence-electron chi connectivity index (χ1n) is 8.48. The lowest BCUT2D eigenvalue weighted by Gasteiger charge is -2.20. The van der Waals surface area contributed by atoms with E-state index in [0.29, 0.717) is 30.3 Å². The van der Waals surface area contributed by atoms with E-state index in [1.165, 1.54) is 12.1 Å². The van der Waals surface area contributed by atoms with E-state index in [2.05, 4.69) is 20.6 Å². The van der Waals surface area contributed by atoms with Crippen LogP contribution in [-0.2, 0) is 16.4 Å². The summed E-state index contributed by atoms with van der Waals surface area (Å²) >= 11 is 0. The Hall–Kier alpha value is -2.52. The number of carbonyl (C=O) groups excluding carboxylic acids is 1. The Morgan fingerprint density at radius 1 is 1.15 bits per heavy atom. The predicted molar refractivity (Wildman–Crippen MR) is 104 cm³/mol. The van der Waals surface area contributed by atoms with E-state index >= 15 is 0 Å². The Morgan fingerprint density at radius 3 is 2.33 bits per heavy atom. The van der Waals surface area contributed by atoms with Crippen LogP contribution in [0.15, 0.2) is 35.2 Å². The Labute approximate surface area is 159 Å². The molecule has 1 heterocycles. The van der Waals surface area contributed by atoms with Gasteiger partial charge in [-0.3, -0.25) is 4.79 Å². The van der Waals surface area contributed by atoms with Gasteiger partial charge in [-0.1, -0.05) is 12.1 Å². The summed E-state index contributed by atoms with van der Waals surface area (Å²) < 4.78 is 22.5. The first-order chi connectivity index (χ1) is 12.4. The van der Waals surface area contributed by atoms with Crippen LogP contribution in [0.5, 0.6) is 0 Å². The number of hydrogen-bond donors (Lipinski definition) is 3. The van der Waals surface area contributed by atoms with E-state index in [1.807, 2.05) is 20.8 Å². The SMILES string of the molecule is Cc1cc(C(=O)NC(C)(C)C)nc(NCCc2ccc(S(N)(=O)=O)cc2)n1. The van der Waals surface area contributed by atoms with Crippen molar-refractivity contribution in [1.82, 2.24) is 15.3 Å². The first-order valence-corrected chi connectivity index (χ1v) is 10.0. The fourth-order valence-corrected chi connectivity index (χ4v) is 2.85. The number of aryl methyl sites for hydroxylation is 1. The third-order valence-electron chi connectivity index (χ3n) is 3.52. The summed E-state index contributed by atoms with van der Waals surface area (Å²) in [6.45, 7) is 8.03. The normalized spacial score (nSPS) is 11.9. The number of carbonyl (C=O) groups is 1. The van der Waals surface area contributed by atoms with Crippen molar-refractivity contribution in [3.63, 3.8) is 0 Å². The maximum atomic E-state index is 12.3. The van der Waals surface area contributed by atoms with E-state index in [9.17, 15) is 13.2 Å². The number of primary sulfonamides is 1. The van der Waals surface area contributed by atoms with Gasteiger partial charge in [0.1, 0.15) is 5.69 Å². The molecule has 0 aliphatic rings. The molecule has 1 aromatic heterocycles. The van der Waals surface area contributed by atoms with Crippen LogP contribution >= 0.6 is 0 Å². The number of hydrogen-bond acceptors (Lipinski definition) is 6. The summed E-state index contributed by atoms with van der Waals surface area (Å²) in [5.74, 6) is 0.116. The van der Waals surface area contributed by atoms with Gasteiger partial charge in [-0.25, -0.2) is 23.5 Å². The first kappa shape index (κ1) is 20.8. The van der Waals surface area contributed by atoms with E-state index in [-0.39, 0.29) is 16.3 Å². The molecule has 0 aliphatic carbocycles. The molecule has 1 amide bonds. The van der Waals surface area contributed by atoms with Crippen molar-refractivity contribution in [2.24, 2.45) is 5.14 Å². The quantitative estimate of drug-likeness (QED) is 0.687. The fraction of sp³-hybridized carbons (Fsp3) is 0.389. The molecule has 0 unspecified atom stereocenters. The molecule has 2 aromatic rings. The van der Waals surface area contributed by atoms with Gasteiger partial charge in [0.05, 0.1) is 4.90 Å². The van der Waals surface area contributed by atoms with Crippen molar-refractivity contribution >= 4 is 21.9 Å². The van der Waals surface area contributed by atoms with Crippen LogP contribution in [0.4, 0.5) is 5.95 Å². The minimum Gasteiger partial charge on any atom is -0.354 e. The summed E-state index contributed by atoms with van der Waals surface area (Å²) in [6, 6.07) is 8.01. The lowest BCUT2D eigenvalue weighted by Crippen LogP contribution is -2.41. The maximum Gasteiger partial charge on any atom is 0.270 e. The molecular weight excluding hydrogens is 366 g/mol. The van der Waals surface area contributed by atoms with Gasteiger partial charge < -0.3 is 10.6 Å². The second kappa shape index (κ2) is 8.01. The molecule has 0 radical (unpaired) electrons. The van der Waals surface area contributed by atoms with Crippen LogP contribution in [0.2, 0.25) is 0 Å². The van der Waals surface area contributed by atoms with Crippen molar-refractivity contribution in [2.45, 2.75) is 44.6 Å². The van der Waals surface area contributed by atoms with Crippen LogP contribution < -0.4 is 15.8 Å². The van der Waals surface area contributed by atoms with Gasteiger partial charge >= 0.3 is 0 Å². The number of nitrogens with two attached hydrogens (primary N) is 1. The molecule has 0 saturated carbocycles. The smallest absolute Gasteiger partial charge is 0.270 e. The molecule has 0 bridgehead atoms. The molecule has 9 heteroatoms. The third-order valence-corrected chi connectivity index (χ3v) is 4.45. The molecule has 0 saturated heterocycles. The van der Waals surface area contributed by atoms with Gasteiger partial charge in [-0.15, -0.1) is 0 Å². The van der Waals surface area contributed by atoms with Crippen LogP contribution in [0.3, 0.4) is 0 Å². The number of sulfonamides is 1. The highest BCUT2D eigenvalue weighted by Crippen LogP contribution is 2.11. The topological polar surface area (TPSA) is 127 Å². The largest absolute Gasteiger partial charge is 0.354 e. The zero-order chi connectivity index (χ0) is 20.2. The average Bonchev–Trinajstić information content (AvgIpc) is 2.52. The van der Waals surface area contributed by atoms with E-state index in [1.54, 1.807) is 25.1 Å². The molecule has 146 valence electrons. The number of rotatable bonds is 6. The summed E-state index contributed by atoms with van der Waals surface area (Å²) in [5.41, 5.74) is 1.57. The summed E-state index contributed by atoms with van der Waals surface area (Å²) in [7, 11) is -3.69. The van der Waals surface area contributed by atoms with Gasteiger partial charge in [-0.05, 0) is 57.9 Å². The van der Waals surface area contributed by atoms with Crippen molar-refractivity contribution < 1.29 is 13.2 Å². The Morgan fingerprint density at radius 2 is 1.78 bits per heavy atom. The maximum absolute atomic E-state index is 12.3. The fourth-order valence-electron chi connectivity index (χ4n) is 2.33. The summed E-state index contributed by atoms with van der Waals surface area (Å²) in [4.78, 5) is 20.9. The zero-order valence-corrected chi connectivity index (χ0v) is 16.7. The third kappa shape index (κ3) is 6.61. The molecule has 0 atom stereocenters. The molecule has 2 rings (SSSR count). The second-order valence-electron chi connectivity index (χ2n) is 7.29. The lowest BCUT2D eigenvalue weighted by atomic mass is 10.1. The molecule has 0 fully saturated rings. The van der Waals surface area contributed by atoms with Gasteiger partial charge in [0.15, 0.2) is 0 Å². The highest BCUT2D eigenvalue weighted by atomic mass is 32.2. The van der Waals surface area contributed by atoms with Crippen LogP contribution in [0.1, 0.15) is 42.5 Å². The monoisotopic (exact) mass is 391 g/mol. The Bertz CT molecular complexity index is 919. The van der Waals surface area contributed by atoms with Crippen molar-refractivity contribution in [1.29, 1.82) is 0 Å². The molecule has 27 heavy (non-hydrogen) atoms. The van der Waals surface area contributed by atoms with Crippen LogP contribution in [0, 0.1) is 6.92 Å². The highest BCUT2D eigenvalue weighted by Gasteiger charge is 2.17. The molecule has 0 aliphatic heterocycles. The number of amides is 1. The van der Waals surface area contributed by atoms with Gasteiger partial charge in [-0.2, -0.15) is 0 Å². The van der Waals surface area contributed by atoms with Crippen LogP contribution in [0.25, 0.3) is 0 Å². The number of nitrogens with one attached hydrogen (secondary N) is 2. The Balaban J connectivity index is 2.00. The second-order valence-corrected chi connectivity index (χ2v) is 8.85. The molecule has 0 spiro atoms. The minimum atomic E-state index is -3.69. The van der Waals surface area contributed by atoms with Gasteiger partial charge in [0.2, 0.25) is 16.0 Å². The number of aromatic nitrogens is 2. The molecule has 1 aromatic carbocycles. The van der Waals surface area contributed by atoms with Crippen molar-refractivity contribution in [3.8, 4) is 0 Å². The van der Waals surface area contributed by atoms with Gasteiger partial charge in [0.25, 0.3) is 5.91 Å². The van der Waals surface area contributed by atoms with E-state index in [0.717, 1.165) is 5.56 Å². The summed E-state index contributed by atoms with van der Waals surface area (Å²) in [6.07, 6.45) is 0.631. The summed E-state index contributed by atoms with van der Waals surface area (Å²) in [5, 5.41) is 11.0. The van der Waals surface area contributed by atoms with Crippen LogP contribution in [-0.4, -0.2) is 36.4 Å². The van der Waals surface area contributed by atoms with Crippen molar-refractivity contribution in [3.05, 3.63) is 47.3 Å². The van der Waals surface area contributed by atoms with Gasteiger partial charge in [0, 0.05) is 17.8 Å². The standard InChI is InChI=1S/C18H25N5O3S/c1-12-11-15(16(24)23-18(2,3)4)22-17(21-12)20-10-9-13-5-7-14(8-6-13)27(19,25)26/h5-8,11H,9-10H2,1-4H3,(H,23,24)(H2,19,25,26)(H,20,21,22). The van der Waals surface area contributed by atoms with Crippen molar-refractivity contribution in [2.75, 3.05) is 11.9 Å². The number of anilines is 1. The molecular formula is C18H25N5O3S. The van der Waals surface area contributed by atoms with E-state index in [4.69, 9.17) is 5.14 Å². The number of benzene rings is 1. The average molecular weight is 391 g/mol. The van der Waals surface area contributed by atoms with E-state index < -0.39 is 10.0 Å². The minimum absolute atomic E-state index is 0.0794. The number of nitrogens with zero attached hydrogens (tertiary/aromatic N) is 2. The highest BCUT2D eigenvalue weighted by molar-refractivity contribution is 7.89. The lowest BCUT2D eigenvalue weighted by molar-refractivity contribution is 0.0914.